The molecule has 0 radical (unpaired) electrons. The number of hydrogen-bond donors (Lipinski definition) is 6. The topological polar surface area (TPSA) is 171 Å². The smallest absolute Gasteiger partial charge is 0.238 e. The second-order valence-electron chi connectivity index (χ2n) is 10.9. The van der Waals surface area contributed by atoms with E-state index in [-0.39, 0.29) is 29.4 Å². The molecule has 0 spiro atoms. The number of aliphatic hydroxyl groups is 5. The Balaban J connectivity index is 2.14. The number of nitrogens with one attached hydrogen (secondary N) is 1. The maximum Gasteiger partial charge on any atom is 0.238 e. The lowest BCUT2D eigenvalue weighted by atomic mass is 9.94. The lowest BCUT2D eigenvalue weighted by Crippen LogP contribution is -2.60. The molecule has 1 aromatic heterocycles. The molecule has 0 saturated carbocycles. The number of aliphatic hydroxyl groups excluding tert-OH is 4. The van der Waals surface area contributed by atoms with Crippen LogP contribution in [-0.4, -0.2) is 93.8 Å². The van der Waals surface area contributed by atoms with E-state index in [0.717, 1.165) is 11.1 Å². The molecule has 6 N–H and O–H groups in total. The van der Waals surface area contributed by atoms with Crippen LogP contribution in [0.25, 0.3) is 6.08 Å². The number of ether oxygens (including phenoxy) is 4. The summed E-state index contributed by atoms with van der Waals surface area (Å²) in [6, 6.07) is 0. The Bertz CT molecular complexity index is 1210. The van der Waals surface area contributed by atoms with Crippen LogP contribution in [0.5, 0.6) is 11.6 Å². The lowest BCUT2D eigenvalue weighted by molar-refractivity contribution is -0.310. The van der Waals surface area contributed by atoms with Crippen molar-refractivity contribution in [1.29, 1.82) is 0 Å². The summed E-state index contributed by atoms with van der Waals surface area (Å²) in [6.45, 7) is 10.4. The van der Waals surface area contributed by atoms with Crippen molar-refractivity contribution in [1.82, 2.24) is 4.98 Å². The van der Waals surface area contributed by atoms with E-state index in [2.05, 4.69) is 4.98 Å². The summed E-state index contributed by atoms with van der Waals surface area (Å²) >= 11 is 0. The highest BCUT2D eigenvalue weighted by atomic mass is 16.7. The molecule has 1 aliphatic heterocycles. The molecule has 0 unspecified atom stereocenters. The van der Waals surface area contributed by atoms with Crippen molar-refractivity contribution in [2.45, 2.75) is 90.4 Å². The van der Waals surface area contributed by atoms with Gasteiger partial charge >= 0.3 is 0 Å². The summed E-state index contributed by atoms with van der Waals surface area (Å²) in [6.07, 6.45) is 3.75. The van der Waals surface area contributed by atoms with Gasteiger partial charge in [-0.3, -0.25) is 4.79 Å². The third-order valence-electron chi connectivity index (χ3n) is 7.37. The summed E-state index contributed by atoms with van der Waals surface area (Å²) < 4.78 is 22.0. The van der Waals surface area contributed by atoms with Gasteiger partial charge in [-0.05, 0) is 52.7 Å². The molecule has 1 saturated heterocycles. The van der Waals surface area contributed by atoms with Gasteiger partial charge in [0.25, 0.3) is 0 Å². The summed E-state index contributed by atoms with van der Waals surface area (Å²) in [5.74, 6) is 0.0939. The number of aromatic amines is 1. The zero-order chi connectivity index (χ0) is 31.8. The van der Waals surface area contributed by atoms with E-state index in [1.807, 2.05) is 52.0 Å². The fraction of sp³-hybridized carbons (Fsp3) is 0.581. The third kappa shape index (κ3) is 8.87. The van der Waals surface area contributed by atoms with Gasteiger partial charge in [-0.15, -0.1) is 0 Å². The first-order valence-corrected chi connectivity index (χ1v) is 13.9. The highest BCUT2D eigenvalue weighted by molar-refractivity contribution is 5.54. The summed E-state index contributed by atoms with van der Waals surface area (Å²) in [5, 5.41) is 51.0. The van der Waals surface area contributed by atoms with Gasteiger partial charge < -0.3 is 49.5 Å². The van der Waals surface area contributed by atoms with Crippen LogP contribution in [0.1, 0.15) is 52.3 Å². The molecule has 11 nitrogen and oxygen atoms in total. The lowest BCUT2D eigenvalue weighted by Gasteiger charge is -2.41. The molecule has 8 atom stereocenters. The SMILES string of the molecule is C/C=C(/C)[C@@H](O[C@@H]1O[C@H](CO)[C@@H](O)[C@H](O)[C@H]1O)[C@@H](C)/C=C(C)/C=C/C[C@](C)(O)/C=C\c1[nH]c(OC)c(OC)c(=O)c1C. The van der Waals surface area contributed by atoms with Crippen LogP contribution in [0.4, 0.5) is 0 Å². The average molecular weight is 594 g/mol. The van der Waals surface area contributed by atoms with Crippen molar-refractivity contribution in [2.24, 2.45) is 5.92 Å². The zero-order valence-electron chi connectivity index (χ0n) is 25.7. The van der Waals surface area contributed by atoms with Crippen molar-refractivity contribution in [3.8, 4) is 11.6 Å². The fourth-order valence-electron chi connectivity index (χ4n) is 4.67. The fourth-order valence-corrected chi connectivity index (χ4v) is 4.67. The van der Waals surface area contributed by atoms with Crippen molar-refractivity contribution in [3.63, 3.8) is 0 Å². The van der Waals surface area contributed by atoms with Crippen molar-refractivity contribution >= 4 is 6.08 Å². The van der Waals surface area contributed by atoms with Gasteiger partial charge in [-0.1, -0.05) is 42.9 Å². The largest absolute Gasteiger partial charge is 0.488 e. The van der Waals surface area contributed by atoms with Crippen LogP contribution in [0.15, 0.2) is 46.3 Å². The number of rotatable bonds is 13. The van der Waals surface area contributed by atoms with Gasteiger partial charge in [-0.25, -0.2) is 0 Å². The normalized spacial score (nSPS) is 26.8. The molecule has 2 heterocycles. The van der Waals surface area contributed by atoms with E-state index in [1.165, 1.54) is 14.2 Å². The number of aromatic nitrogens is 1. The molecular formula is C31H47NO10. The molecule has 2 rings (SSSR count). The van der Waals surface area contributed by atoms with Gasteiger partial charge in [0.1, 0.15) is 24.4 Å². The first-order valence-electron chi connectivity index (χ1n) is 13.9. The minimum absolute atomic E-state index is 0.0868. The summed E-state index contributed by atoms with van der Waals surface area (Å²) in [7, 11) is 2.82. The van der Waals surface area contributed by atoms with E-state index in [4.69, 9.17) is 18.9 Å². The molecule has 1 fully saturated rings. The predicted molar refractivity (Wildman–Crippen MR) is 159 cm³/mol. The van der Waals surface area contributed by atoms with Crippen LogP contribution < -0.4 is 14.9 Å². The molecule has 11 heteroatoms. The van der Waals surface area contributed by atoms with Gasteiger partial charge in [0, 0.05) is 17.2 Å². The highest BCUT2D eigenvalue weighted by Gasteiger charge is 2.45. The Labute approximate surface area is 247 Å². The molecule has 0 aromatic carbocycles. The first kappa shape index (κ1) is 35.4. The number of H-pyrrole nitrogens is 1. The molecule has 236 valence electrons. The second kappa shape index (κ2) is 15.6. The van der Waals surface area contributed by atoms with E-state index in [0.29, 0.717) is 11.3 Å². The molecular weight excluding hydrogens is 546 g/mol. The quantitative estimate of drug-likeness (QED) is 0.147. The zero-order valence-corrected chi connectivity index (χ0v) is 25.7. The Kier molecular flexibility index (Phi) is 13.2. The minimum atomic E-state index is -1.53. The molecule has 1 aliphatic rings. The minimum Gasteiger partial charge on any atom is -0.488 e. The van der Waals surface area contributed by atoms with Crippen LogP contribution in [-0.2, 0) is 9.47 Å². The standard InChI is InChI=1S/C31H47NO10/c1-9-18(3)27(42-30-26(37)25(36)24(35)22(16-33)41-30)19(4)15-17(2)11-10-13-31(6,38)14-12-21-20(5)23(34)28(39-7)29(32-21)40-8/h9-12,14-15,19,22,24-27,30,33,35-38H,13,16H2,1-8H3,(H,32,34)/b11-10+,14-12-,17-15+,18-9-/t19-,22+,24+,25-,26+,27+,30-,31-/m0/s1. The average Bonchev–Trinajstić information content (AvgIpc) is 2.95. The number of allylic oxidation sites excluding steroid dienone is 3. The van der Waals surface area contributed by atoms with E-state index >= 15 is 0 Å². The summed E-state index contributed by atoms with van der Waals surface area (Å²) in [5.41, 5.74) is 1.17. The van der Waals surface area contributed by atoms with Crippen molar-refractivity contribution in [2.75, 3.05) is 20.8 Å². The Hall–Kier alpha value is -2.77. The van der Waals surface area contributed by atoms with Gasteiger partial charge in [0.2, 0.25) is 17.1 Å². The summed E-state index contributed by atoms with van der Waals surface area (Å²) in [4.78, 5) is 15.6. The molecule has 42 heavy (non-hydrogen) atoms. The Morgan fingerprint density at radius 2 is 1.81 bits per heavy atom. The number of pyridine rings is 1. The van der Waals surface area contributed by atoms with Crippen molar-refractivity contribution < 1.29 is 44.5 Å². The van der Waals surface area contributed by atoms with Gasteiger partial charge in [-0.2, -0.15) is 0 Å². The van der Waals surface area contributed by atoms with Gasteiger partial charge in [0.15, 0.2) is 6.29 Å². The van der Waals surface area contributed by atoms with Crippen LogP contribution >= 0.6 is 0 Å². The maximum atomic E-state index is 12.6. The third-order valence-corrected chi connectivity index (χ3v) is 7.37. The predicted octanol–water partition coefficient (Wildman–Crippen LogP) is 2.14. The van der Waals surface area contributed by atoms with Crippen molar-refractivity contribution in [3.05, 3.63) is 63.0 Å². The van der Waals surface area contributed by atoms with Crippen LogP contribution in [0.2, 0.25) is 0 Å². The Morgan fingerprint density at radius 1 is 1.14 bits per heavy atom. The second-order valence-corrected chi connectivity index (χ2v) is 10.9. The molecule has 0 aliphatic carbocycles. The maximum absolute atomic E-state index is 12.6. The number of methoxy groups -OCH3 is 2. The van der Waals surface area contributed by atoms with Crippen LogP contribution in [0, 0.1) is 12.8 Å². The van der Waals surface area contributed by atoms with E-state index in [1.54, 1.807) is 26.0 Å². The Morgan fingerprint density at radius 3 is 2.38 bits per heavy atom. The molecule has 0 bridgehead atoms. The first-order chi connectivity index (χ1) is 19.7. The molecule has 0 amide bonds. The van der Waals surface area contributed by atoms with E-state index in [9.17, 15) is 30.3 Å². The van der Waals surface area contributed by atoms with Gasteiger partial charge in [0.05, 0.1) is 32.5 Å². The monoisotopic (exact) mass is 593 g/mol. The molecule has 1 aromatic rings. The van der Waals surface area contributed by atoms with E-state index < -0.39 is 49.0 Å². The number of hydrogen-bond acceptors (Lipinski definition) is 10. The van der Waals surface area contributed by atoms with Crippen LogP contribution in [0.3, 0.4) is 0 Å². The highest BCUT2D eigenvalue weighted by Crippen LogP contribution is 2.28.